The molecular weight excluding hydrogens is 654 g/mol. The van der Waals surface area contributed by atoms with Crippen LogP contribution in [0.4, 0.5) is 9.59 Å². The minimum atomic E-state index is -0.545. The number of ether oxygens (including phenoxy) is 2. The van der Waals surface area contributed by atoms with E-state index in [1.54, 1.807) is 0 Å². The maximum Gasteiger partial charge on any atom is 0.411 e. The zero-order chi connectivity index (χ0) is 36.1. The Bertz CT molecular complexity index is 2190. The van der Waals surface area contributed by atoms with Gasteiger partial charge in [-0.25, -0.2) is 24.5 Å². The van der Waals surface area contributed by atoms with Gasteiger partial charge in [-0.2, -0.15) is 0 Å². The minimum absolute atomic E-state index is 0.0963. The average Bonchev–Trinajstić information content (AvgIpc) is 3.68. The number of rotatable bonds is 5. The van der Waals surface area contributed by atoms with Crippen LogP contribution in [0.3, 0.4) is 0 Å². The standard InChI is InChI=1S/C41H45N7O4/c1-40(2,3)51-38(49)47-32-16-26(32)18-34(47)36-42-20-30(45-36)23-9-7-22(8-10-23)24-11-13-28-25(15-24)12-14-29(44-28)31-21-43-37(46-31)35-19-27-17-33(27)48(35)39(50)52-41(4,5)6/h7-15,20-21,26-27,32-35H,16-19H2,1-6H3,(H,42,45)(H,43,46)/t26-,27-,32-,33-,34+,35+/m1/s1. The number of H-pyrrole nitrogens is 2. The van der Waals surface area contributed by atoms with E-state index in [-0.39, 0.29) is 36.4 Å². The number of nitrogens with one attached hydrogen (secondary N) is 2. The zero-order valence-electron chi connectivity index (χ0n) is 30.5. The molecule has 2 amide bonds. The number of likely N-dealkylation sites (tertiary alicyclic amines) is 2. The first-order valence-corrected chi connectivity index (χ1v) is 18.4. The van der Waals surface area contributed by atoms with Gasteiger partial charge in [-0.15, -0.1) is 0 Å². The highest BCUT2D eigenvalue weighted by Crippen LogP contribution is 2.54. The van der Waals surface area contributed by atoms with Gasteiger partial charge in [0.05, 0.1) is 47.1 Å². The van der Waals surface area contributed by atoms with E-state index < -0.39 is 11.2 Å². The van der Waals surface area contributed by atoms with Gasteiger partial charge in [0.25, 0.3) is 0 Å². The topological polar surface area (TPSA) is 129 Å². The van der Waals surface area contributed by atoms with Crippen LogP contribution in [0.25, 0.3) is 44.7 Å². The van der Waals surface area contributed by atoms with Gasteiger partial charge >= 0.3 is 12.2 Å². The van der Waals surface area contributed by atoms with Crippen LogP contribution < -0.4 is 0 Å². The van der Waals surface area contributed by atoms with Crippen molar-refractivity contribution in [3.8, 4) is 33.8 Å². The van der Waals surface area contributed by atoms with Crippen molar-refractivity contribution in [2.45, 2.75) is 103 Å². The molecule has 52 heavy (non-hydrogen) atoms. The van der Waals surface area contributed by atoms with E-state index >= 15 is 0 Å². The quantitative estimate of drug-likeness (QED) is 0.188. The summed E-state index contributed by atoms with van der Waals surface area (Å²) in [5.74, 6) is 2.62. The number of hydrogen-bond acceptors (Lipinski definition) is 7. The smallest absolute Gasteiger partial charge is 0.411 e. The van der Waals surface area contributed by atoms with E-state index in [0.29, 0.717) is 11.8 Å². The molecule has 2 aliphatic carbocycles. The first-order valence-electron chi connectivity index (χ1n) is 18.4. The summed E-state index contributed by atoms with van der Waals surface area (Å²) < 4.78 is 11.5. The number of carbonyl (C=O) groups is 2. The van der Waals surface area contributed by atoms with Crippen molar-refractivity contribution in [1.82, 2.24) is 34.7 Å². The van der Waals surface area contributed by atoms with Crippen LogP contribution in [0.15, 0.2) is 67.0 Å². The average molecular weight is 700 g/mol. The third-order valence-corrected chi connectivity index (χ3v) is 10.7. The van der Waals surface area contributed by atoms with Gasteiger partial charge in [-0.05, 0) is 114 Å². The van der Waals surface area contributed by atoms with Gasteiger partial charge < -0.3 is 19.4 Å². The predicted octanol–water partition coefficient (Wildman–Crippen LogP) is 8.82. The van der Waals surface area contributed by atoms with Gasteiger partial charge in [0.1, 0.15) is 22.9 Å². The summed E-state index contributed by atoms with van der Waals surface area (Å²) in [6.07, 6.45) is 7.02. The third kappa shape index (κ3) is 6.09. The molecule has 5 heterocycles. The molecule has 2 saturated carbocycles. The van der Waals surface area contributed by atoms with Crippen molar-refractivity contribution in [2.24, 2.45) is 11.8 Å². The molecule has 11 nitrogen and oxygen atoms in total. The Morgan fingerprint density at radius 2 is 1.17 bits per heavy atom. The van der Waals surface area contributed by atoms with Gasteiger partial charge in [-0.3, -0.25) is 9.80 Å². The SMILES string of the molecule is CC(C)(C)OC(=O)N1[C@@H]2C[C@@H]2C[C@H]1c1ncc(-c2ccc(-c3ccc4nc(-c5cnc([C@@H]6C[C@H]7C[C@H]7N6C(=O)OC(C)(C)C)[nH]5)ccc4c3)cc2)[nH]1. The van der Waals surface area contributed by atoms with Crippen molar-refractivity contribution in [2.75, 3.05) is 0 Å². The second-order valence-corrected chi connectivity index (χ2v) is 17.0. The second kappa shape index (κ2) is 11.7. The lowest BCUT2D eigenvalue weighted by molar-refractivity contribution is 0.0164. The Hall–Kier alpha value is -5.19. The molecule has 2 aliphatic heterocycles. The van der Waals surface area contributed by atoms with E-state index in [9.17, 15) is 9.59 Å². The maximum absolute atomic E-state index is 13.1. The largest absolute Gasteiger partial charge is 0.444 e. The van der Waals surface area contributed by atoms with Crippen LogP contribution in [-0.2, 0) is 9.47 Å². The molecule has 0 radical (unpaired) electrons. The number of hydrogen-bond donors (Lipinski definition) is 2. The Morgan fingerprint density at radius 3 is 1.75 bits per heavy atom. The van der Waals surface area contributed by atoms with Crippen molar-refractivity contribution < 1.29 is 19.1 Å². The van der Waals surface area contributed by atoms with Crippen molar-refractivity contribution >= 4 is 23.1 Å². The molecule has 4 fully saturated rings. The van der Waals surface area contributed by atoms with Crippen LogP contribution in [0.5, 0.6) is 0 Å². The fourth-order valence-electron chi connectivity index (χ4n) is 8.14. The number of carbonyl (C=O) groups excluding carboxylic acids is 2. The van der Waals surface area contributed by atoms with E-state index in [4.69, 9.17) is 24.4 Å². The van der Waals surface area contributed by atoms with Crippen molar-refractivity contribution in [1.29, 1.82) is 0 Å². The van der Waals surface area contributed by atoms with E-state index in [1.165, 1.54) is 0 Å². The number of imidazole rings is 2. The molecule has 3 aromatic heterocycles. The lowest BCUT2D eigenvalue weighted by atomic mass is 10.0. The van der Waals surface area contributed by atoms with E-state index in [1.807, 2.05) is 69.8 Å². The molecule has 11 heteroatoms. The highest BCUT2D eigenvalue weighted by Gasteiger charge is 2.57. The Morgan fingerprint density at radius 1 is 0.654 bits per heavy atom. The summed E-state index contributed by atoms with van der Waals surface area (Å²) in [5.41, 5.74) is 5.59. The predicted molar refractivity (Wildman–Crippen MR) is 197 cm³/mol. The summed E-state index contributed by atoms with van der Waals surface area (Å²) in [5, 5.41) is 1.04. The lowest BCUT2D eigenvalue weighted by Gasteiger charge is -2.29. The summed E-state index contributed by atoms with van der Waals surface area (Å²) in [4.78, 5) is 51.2. The fraction of sp³-hybridized carbons (Fsp3) is 0.439. The van der Waals surface area contributed by atoms with E-state index in [0.717, 1.165) is 82.0 Å². The molecule has 9 rings (SSSR count). The first-order chi connectivity index (χ1) is 24.8. The Labute approximate surface area is 303 Å². The van der Waals surface area contributed by atoms with Crippen LogP contribution in [0.2, 0.25) is 0 Å². The molecule has 0 spiro atoms. The molecule has 5 aromatic rings. The summed E-state index contributed by atoms with van der Waals surface area (Å²) in [6, 6.07) is 19.1. The van der Waals surface area contributed by atoms with Crippen LogP contribution in [0.1, 0.15) is 91.0 Å². The number of piperidine rings is 2. The van der Waals surface area contributed by atoms with E-state index in [2.05, 4.69) is 58.5 Å². The molecule has 6 atom stereocenters. The van der Waals surface area contributed by atoms with Crippen LogP contribution in [0, 0.1) is 11.8 Å². The number of benzene rings is 2. The molecule has 2 aromatic carbocycles. The molecule has 0 bridgehead atoms. The fourth-order valence-corrected chi connectivity index (χ4v) is 8.14. The monoisotopic (exact) mass is 699 g/mol. The van der Waals surface area contributed by atoms with Crippen molar-refractivity contribution in [3.05, 3.63) is 78.6 Å². The molecule has 2 N–H and O–H groups in total. The minimum Gasteiger partial charge on any atom is -0.444 e. The second-order valence-electron chi connectivity index (χ2n) is 17.0. The van der Waals surface area contributed by atoms with Gasteiger partial charge in [0.15, 0.2) is 0 Å². The normalized spacial score (nSPS) is 24.9. The zero-order valence-corrected chi connectivity index (χ0v) is 30.5. The summed E-state index contributed by atoms with van der Waals surface area (Å²) >= 11 is 0. The molecule has 4 aliphatic rings. The Kier molecular flexibility index (Phi) is 7.33. The van der Waals surface area contributed by atoms with Gasteiger partial charge in [-0.1, -0.05) is 36.4 Å². The van der Waals surface area contributed by atoms with Crippen molar-refractivity contribution in [3.63, 3.8) is 0 Å². The number of pyridine rings is 1. The lowest BCUT2D eigenvalue weighted by Crippen LogP contribution is -2.38. The maximum atomic E-state index is 13.1. The molecular formula is C41H45N7O4. The van der Waals surface area contributed by atoms with Crippen LogP contribution in [-0.4, -0.2) is 70.2 Å². The highest BCUT2D eigenvalue weighted by atomic mass is 16.6. The highest BCUT2D eigenvalue weighted by molar-refractivity contribution is 5.86. The summed E-state index contributed by atoms with van der Waals surface area (Å²) in [7, 11) is 0. The summed E-state index contributed by atoms with van der Waals surface area (Å²) in [6.45, 7) is 11.4. The number of nitrogens with zero attached hydrogens (tertiary/aromatic N) is 5. The number of aromatic amines is 2. The molecule has 0 unspecified atom stereocenters. The number of fused-ring (bicyclic) bond motifs is 3. The van der Waals surface area contributed by atoms with Gasteiger partial charge in [0, 0.05) is 17.5 Å². The van der Waals surface area contributed by atoms with Crippen LogP contribution >= 0.6 is 0 Å². The number of amides is 2. The molecule has 268 valence electrons. The third-order valence-electron chi connectivity index (χ3n) is 10.7. The van der Waals surface area contributed by atoms with Gasteiger partial charge in [0.2, 0.25) is 0 Å². The number of aromatic nitrogens is 5. The molecule has 2 saturated heterocycles. The first kappa shape index (κ1) is 32.7. The Balaban J connectivity index is 0.890.